The van der Waals surface area contributed by atoms with E-state index in [2.05, 4.69) is 21.5 Å². The largest absolute Gasteiger partial charge is 0.334 e. The van der Waals surface area contributed by atoms with Gasteiger partial charge in [0.2, 0.25) is 0 Å². The Morgan fingerprint density at radius 1 is 1.04 bits per heavy atom. The second-order valence-corrected chi connectivity index (χ2v) is 8.32. The predicted molar refractivity (Wildman–Crippen MR) is 109 cm³/mol. The van der Waals surface area contributed by atoms with Crippen molar-refractivity contribution < 1.29 is 9.32 Å². The number of benzene rings is 2. The molecule has 1 amide bonds. The molecule has 1 aliphatic carbocycles. The lowest BCUT2D eigenvalue weighted by molar-refractivity contribution is 0.102. The van der Waals surface area contributed by atoms with Crippen molar-refractivity contribution in [2.45, 2.75) is 51.9 Å². The highest BCUT2D eigenvalue weighted by atomic mass is 16.5. The third-order valence-electron chi connectivity index (χ3n) is 5.14. The van der Waals surface area contributed by atoms with Gasteiger partial charge in [0.1, 0.15) is 0 Å². The molecule has 0 radical (unpaired) electrons. The van der Waals surface area contributed by atoms with Gasteiger partial charge in [0, 0.05) is 11.1 Å². The molecule has 28 heavy (non-hydrogen) atoms. The van der Waals surface area contributed by atoms with Crippen LogP contribution < -0.4 is 5.32 Å². The number of anilines is 1. The third-order valence-corrected chi connectivity index (χ3v) is 5.14. The normalized spacial score (nSPS) is 13.8. The molecular weight excluding hydrogens is 350 g/mol. The first kappa shape index (κ1) is 18.4. The van der Waals surface area contributed by atoms with Crippen LogP contribution >= 0.6 is 0 Å². The van der Waals surface area contributed by atoms with Gasteiger partial charge in [0.25, 0.3) is 11.8 Å². The van der Waals surface area contributed by atoms with Crippen molar-refractivity contribution >= 4 is 11.6 Å². The first-order valence-electron chi connectivity index (χ1n) is 9.79. The lowest BCUT2D eigenvalue weighted by atomic mass is 9.90. The molecule has 5 heteroatoms. The summed E-state index contributed by atoms with van der Waals surface area (Å²) >= 11 is 0. The zero-order valence-electron chi connectivity index (χ0n) is 16.6. The number of hydrogen-bond donors (Lipinski definition) is 1. The fraction of sp³-hybridized carbons (Fsp3) is 0.348. The van der Waals surface area contributed by atoms with Crippen molar-refractivity contribution in [1.29, 1.82) is 0 Å². The van der Waals surface area contributed by atoms with Crippen LogP contribution in [0, 0.1) is 0 Å². The highest BCUT2D eigenvalue weighted by molar-refractivity contribution is 6.08. The minimum atomic E-state index is -0.220. The molecule has 0 saturated heterocycles. The predicted octanol–water partition coefficient (Wildman–Crippen LogP) is 5.17. The van der Waals surface area contributed by atoms with Crippen molar-refractivity contribution in [1.82, 2.24) is 10.1 Å². The molecule has 1 aliphatic rings. The van der Waals surface area contributed by atoms with E-state index in [1.165, 1.54) is 17.5 Å². The Balaban J connectivity index is 1.66. The van der Waals surface area contributed by atoms with E-state index in [-0.39, 0.29) is 11.3 Å². The number of hydrogen-bond acceptors (Lipinski definition) is 4. The van der Waals surface area contributed by atoms with Gasteiger partial charge < -0.3 is 9.84 Å². The second-order valence-electron chi connectivity index (χ2n) is 8.32. The summed E-state index contributed by atoms with van der Waals surface area (Å²) in [5, 5.41) is 7.19. The van der Waals surface area contributed by atoms with Gasteiger partial charge in [-0.25, -0.2) is 0 Å². The van der Waals surface area contributed by atoms with Crippen molar-refractivity contribution in [2.24, 2.45) is 0 Å². The molecule has 0 bridgehead atoms. The summed E-state index contributed by atoms with van der Waals surface area (Å²) in [5.41, 5.74) is 4.45. The van der Waals surface area contributed by atoms with Crippen molar-refractivity contribution in [3.63, 3.8) is 0 Å². The third kappa shape index (κ3) is 3.57. The minimum absolute atomic E-state index is 0.162. The van der Waals surface area contributed by atoms with Gasteiger partial charge in [-0.15, -0.1) is 0 Å². The number of aryl methyl sites for hydroxylation is 1. The number of carbonyl (C=O) groups is 1. The highest BCUT2D eigenvalue weighted by Gasteiger charge is 2.24. The summed E-state index contributed by atoms with van der Waals surface area (Å²) in [6.45, 7) is 6.08. The molecule has 0 fully saturated rings. The quantitative estimate of drug-likeness (QED) is 0.686. The monoisotopic (exact) mass is 375 g/mol. The highest BCUT2D eigenvalue weighted by Crippen LogP contribution is 2.30. The minimum Gasteiger partial charge on any atom is -0.334 e. The molecule has 144 valence electrons. The molecule has 5 nitrogen and oxygen atoms in total. The van der Waals surface area contributed by atoms with Crippen molar-refractivity contribution in [3.05, 3.63) is 65.0 Å². The lowest BCUT2D eigenvalue weighted by Crippen LogP contribution is -2.16. The molecule has 0 aliphatic heterocycles. The maximum Gasteiger partial charge on any atom is 0.258 e. The van der Waals surface area contributed by atoms with Crippen LogP contribution in [0.1, 0.15) is 60.9 Å². The molecule has 4 rings (SSSR count). The number of nitrogens with zero attached hydrogens (tertiary/aromatic N) is 2. The smallest absolute Gasteiger partial charge is 0.258 e. The van der Waals surface area contributed by atoms with Crippen molar-refractivity contribution in [2.75, 3.05) is 5.32 Å². The van der Waals surface area contributed by atoms with Crippen LogP contribution in [0.15, 0.2) is 47.0 Å². The molecule has 1 heterocycles. The van der Waals surface area contributed by atoms with Crippen LogP contribution in [0.5, 0.6) is 0 Å². The van der Waals surface area contributed by atoms with Crippen LogP contribution in [0.2, 0.25) is 0 Å². The molecule has 2 aromatic carbocycles. The number of carbonyl (C=O) groups excluding carboxylic acids is 1. The number of nitrogens with one attached hydrogen (secondary N) is 1. The lowest BCUT2D eigenvalue weighted by Gasteiger charge is -2.19. The van der Waals surface area contributed by atoms with E-state index < -0.39 is 0 Å². The topological polar surface area (TPSA) is 68.0 Å². The molecule has 1 N–H and O–H groups in total. The van der Waals surface area contributed by atoms with Crippen LogP contribution in [-0.4, -0.2) is 16.0 Å². The van der Waals surface area contributed by atoms with E-state index in [1.54, 1.807) is 6.07 Å². The van der Waals surface area contributed by atoms with Gasteiger partial charge in [-0.05, 0) is 55.0 Å². The van der Waals surface area contributed by atoms with Crippen LogP contribution in [-0.2, 0) is 18.3 Å². The average Bonchev–Trinajstić information content (AvgIpc) is 3.19. The summed E-state index contributed by atoms with van der Waals surface area (Å²) in [4.78, 5) is 17.6. The van der Waals surface area contributed by atoms with Gasteiger partial charge in [-0.1, -0.05) is 50.2 Å². The van der Waals surface area contributed by atoms with E-state index in [9.17, 15) is 4.79 Å². The summed E-state index contributed by atoms with van der Waals surface area (Å²) in [6, 6.07) is 13.5. The number of aromatic nitrogens is 2. The van der Waals surface area contributed by atoms with E-state index in [0.717, 1.165) is 24.9 Å². The maximum atomic E-state index is 13.1. The maximum absolute atomic E-state index is 13.1. The Morgan fingerprint density at radius 3 is 2.61 bits per heavy atom. The van der Waals surface area contributed by atoms with Crippen LogP contribution in [0.25, 0.3) is 11.5 Å². The zero-order valence-corrected chi connectivity index (χ0v) is 16.6. The SMILES string of the molecule is CC(C)(C)c1noc(-c2ccccc2C(=O)Nc2cccc3c2CCCC3)n1. The van der Waals surface area contributed by atoms with Gasteiger partial charge >= 0.3 is 0 Å². The van der Waals surface area contributed by atoms with Gasteiger partial charge in [-0.3, -0.25) is 4.79 Å². The molecule has 1 aromatic heterocycles. The van der Waals surface area contributed by atoms with Crippen LogP contribution in [0.3, 0.4) is 0 Å². The first-order valence-corrected chi connectivity index (χ1v) is 9.79. The Labute approximate surface area is 165 Å². The molecule has 0 saturated carbocycles. The van der Waals surface area contributed by atoms with E-state index >= 15 is 0 Å². The Hall–Kier alpha value is -2.95. The Bertz CT molecular complexity index is 1010. The van der Waals surface area contributed by atoms with Gasteiger partial charge in [0.15, 0.2) is 5.82 Å². The number of rotatable bonds is 3. The summed E-state index contributed by atoms with van der Waals surface area (Å²) in [5.74, 6) is 0.825. The summed E-state index contributed by atoms with van der Waals surface area (Å²) in [7, 11) is 0. The first-order chi connectivity index (χ1) is 13.4. The van der Waals surface area contributed by atoms with Crippen molar-refractivity contribution in [3.8, 4) is 11.5 Å². The fourth-order valence-electron chi connectivity index (χ4n) is 3.59. The average molecular weight is 375 g/mol. The summed E-state index contributed by atoms with van der Waals surface area (Å²) < 4.78 is 5.47. The van der Waals surface area contributed by atoms with E-state index in [4.69, 9.17) is 4.52 Å². The van der Waals surface area contributed by atoms with E-state index in [0.29, 0.717) is 22.8 Å². The number of amides is 1. The molecule has 3 aromatic rings. The standard InChI is InChI=1S/C23H25N3O2/c1-23(2,3)22-25-21(28-26-22)18-13-7-6-12-17(18)20(27)24-19-14-8-10-15-9-4-5-11-16(15)19/h6-8,10,12-14H,4-5,9,11H2,1-3H3,(H,24,27). The summed E-state index contributed by atoms with van der Waals surface area (Å²) in [6.07, 6.45) is 4.45. The van der Waals surface area contributed by atoms with Gasteiger partial charge in [0.05, 0.1) is 11.1 Å². The van der Waals surface area contributed by atoms with Crippen LogP contribution in [0.4, 0.5) is 5.69 Å². The zero-order chi connectivity index (χ0) is 19.7. The fourth-order valence-corrected chi connectivity index (χ4v) is 3.59. The molecule has 0 atom stereocenters. The Kier molecular flexibility index (Phi) is 4.75. The van der Waals surface area contributed by atoms with E-state index in [1.807, 2.05) is 51.1 Å². The molecule has 0 spiro atoms. The second kappa shape index (κ2) is 7.23. The Morgan fingerprint density at radius 2 is 1.82 bits per heavy atom. The molecular formula is C23H25N3O2. The van der Waals surface area contributed by atoms with Gasteiger partial charge in [-0.2, -0.15) is 4.98 Å². The molecule has 0 unspecified atom stereocenters. The number of fused-ring (bicyclic) bond motifs is 1.